The average Bonchev–Trinajstić information content (AvgIpc) is 3.30. The normalized spacial score (nSPS) is 20.7. The van der Waals surface area contributed by atoms with Crippen molar-refractivity contribution in [2.75, 3.05) is 33.9 Å². The van der Waals surface area contributed by atoms with Gasteiger partial charge in [0.25, 0.3) is 11.1 Å². The molecule has 150 valence electrons. The van der Waals surface area contributed by atoms with Crippen LogP contribution in [0.15, 0.2) is 23.1 Å². The summed E-state index contributed by atoms with van der Waals surface area (Å²) < 4.78 is 15.9. The highest BCUT2D eigenvalue weighted by atomic mass is 32.2. The molecule has 2 aliphatic rings. The average molecular weight is 406 g/mol. The predicted molar refractivity (Wildman–Crippen MR) is 104 cm³/mol. The van der Waals surface area contributed by atoms with Crippen molar-refractivity contribution in [3.05, 3.63) is 28.7 Å². The minimum absolute atomic E-state index is 0.000659. The molecule has 1 atom stereocenters. The van der Waals surface area contributed by atoms with Crippen molar-refractivity contribution in [1.82, 2.24) is 10.2 Å². The van der Waals surface area contributed by atoms with E-state index < -0.39 is 17.1 Å². The van der Waals surface area contributed by atoms with Crippen LogP contribution in [0.2, 0.25) is 0 Å². The van der Waals surface area contributed by atoms with Gasteiger partial charge in [0.2, 0.25) is 5.91 Å². The Kier molecular flexibility index (Phi) is 6.58. The maximum absolute atomic E-state index is 12.6. The number of carbonyl (C=O) groups excluding carboxylic acids is 3. The van der Waals surface area contributed by atoms with Crippen molar-refractivity contribution >= 4 is 34.9 Å². The Labute approximate surface area is 167 Å². The van der Waals surface area contributed by atoms with Gasteiger partial charge in [-0.15, -0.1) is 0 Å². The standard InChI is InChI=1S/C19H22N2O6S/c1-25-13-5-6-15(26-2)12(8-13)9-16-18(23)21(19(24)28-16)11-17(22)20-10-14-4-3-7-27-14/h5-6,8-9,14H,3-4,7,10-11H2,1-2H3,(H,20,22)/b16-9-/t14-/m1/s1. The van der Waals surface area contributed by atoms with Crippen LogP contribution in [-0.4, -0.2) is 62.0 Å². The lowest BCUT2D eigenvalue weighted by molar-refractivity contribution is -0.129. The van der Waals surface area contributed by atoms with E-state index in [1.54, 1.807) is 24.3 Å². The second-order valence-corrected chi connectivity index (χ2v) is 7.31. The van der Waals surface area contributed by atoms with Gasteiger partial charge in [0, 0.05) is 18.7 Å². The monoisotopic (exact) mass is 406 g/mol. The number of nitrogens with one attached hydrogen (secondary N) is 1. The third-order valence-electron chi connectivity index (χ3n) is 4.45. The molecule has 0 radical (unpaired) electrons. The Hall–Kier alpha value is -2.52. The molecule has 28 heavy (non-hydrogen) atoms. The molecule has 8 nitrogen and oxygen atoms in total. The van der Waals surface area contributed by atoms with Gasteiger partial charge in [0.1, 0.15) is 18.0 Å². The van der Waals surface area contributed by atoms with Crippen LogP contribution in [0.1, 0.15) is 18.4 Å². The molecule has 9 heteroatoms. The van der Waals surface area contributed by atoms with Crippen molar-refractivity contribution in [2.24, 2.45) is 0 Å². The summed E-state index contributed by atoms with van der Waals surface area (Å²) in [6.07, 6.45) is 3.44. The summed E-state index contributed by atoms with van der Waals surface area (Å²) in [4.78, 5) is 38.1. The van der Waals surface area contributed by atoms with Crippen molar-refractivity contribution < 1.29 is 28.6 Å². The van der Waals surface area contributed by atoms with Crippen LogP contribution in [0.4, 0.5) is 4.79 Å². The number of ether oxygens (including phenoxy) is 3. The molecule has 2 heterocycles. The zero-order chi connectivity index (χ0) is 20.1. The lowest BCUT2D eigenvalue weighted by Crippen LogP contribution is -2.41. The number of hydrogen-bond acceptors (Lipinski definition) is 7. The Morgan fingerprint density at radius 1 is 1.36 bits per heavy atom. The van der Waals surface area contributed by atoms with Crippen LogP contribution in [0.5, 0.6) is 11.5 Å². The summed E-state index contributed by atoms with van der Waals surface area (Å²) >= 11 is 0.792. The second kappa shape index (κ2) is 9.11. The zero-order valence-electron chi connectivity index (χ0n) is 15.7. The molecule has 3 rings (SSSR count). The van der Waals surface area contributed by atoms with Crippen molar-refractivity contribution in [3.63, 3.8) is 0 Å². The van der Waals surface area contributed by atoms with E-state index >= 15 is 0 Å². The fourth-order valence-electron chi connectivity index (χ4n) is 2.96. The number of hydrogen-bond donors (Lipinski definition) is 1. The molecule has 1 N–H and O–H groups in total. The van der Waals surface area contributed by atoms with Crippen LogP contribution in [0.3, 0.4) is 0 Å². The van der Waals surface area contributed by atoms with Crippen molar-refractivity contribution in [1.29, 1.82) is 0 Å². The van der Waals surface area contributed by atoms with E-state index in [1.165, 1.54) is 14.2 Å². The summed E-state index contributed by atoms with van der Waals surface area (Å²) in [5, 5.41) is 2.23. The molecule has 0 aromatic heterocycles. The Balaban J connectivity index is 1.67. The number of benzene rings is 1. The smallest absolute Gasteiger partial charge is 0.294 e. The van der Waals surface area contributed by atoms with Crippen LogP contribution in [-0.2, 0) is 14.3 Å². The highest BCUT2D eigenvalue weighted by Crippen LogP contribution is 2.34. The van der Waals surface area contributed by atoms with Gasteiger partial charge in [-0.1, -0.05) is 0 Å². The van der Waals surface area contributed by atoms with Gasteiger partial charge >= 0.3 is 0 Å². The Morgan fingerprint density at radius 2 is 2.18 bits per heavy atom. The van der Waals surface area contributed by atoms with Gasteiger partial charge in [0.05, 0.1) is 25.2 Å². The molecule has 1 aromatic rings. The first-order chi connectivity index (χ1) is 13.5. The van der Waals surface area contributed by atoms with Gasteiger partial charge in [-0.3, -0.25) is 19.3 Å². The van der Waals surface area contributed by atoms with Gasteiger partial charge in [-0.25, -0.2) is 0 Å². The topological polar surface area (TPSA) is 94.2 Å². The molecular weight excluding hydrogens is 384 g/mol. The van der Waals surface area contributed by atoms with E-state index in [4.69, 9.17) is 14.2 Å². The Morgan fingerprint density at radius 3 is 2.86 bits per heavy atom. The second-order valence-electron chi connectivity index (χ2n) is 6.31. The molecule has 0 spiro atoms. The molecule has 0 saturated carbocycles. The third kappa shape index (κ3) is 4.66. The number of imide groups is 1. The first-order valence-corrected chi connectivity index (χ1v) is 9.69. The van der Waals surface area contributed by atoms with Gasteiger partial charge in [-0.2, -0.15) is 0 Å². The van der Waals surface area contributed by atoms with E-state index in [0.717, 1.165) is 29.5 Å². The van der Waals surface area contributed by atoms with Crippen molar-refractivity contribution in [2.45, 2.75) is 18.9 Å². The molecule has 1 aromatic carbocycles. The van der Waals surface area contributed by atoms with E-state index in [9.17, 15) is 14.4 Å². The maximum atomic E-state index is 12.6. The van der Waals surface area contributed by atoms with E-state index in [1.807, 2.05) is 0 Å². The van der Waals surface area contributed by atoms with Crippen LogP contribution in [0.25, 0.3) is 6.08 Å². The first kappa shape index (κ1) is 20.2. The lowest BCUT2D eigenvalue weighted by atomic mass is 10.1. The molecule has 2 fully saturated rings. The Bertz CT molecular complexity index is 804. The predicted octanol–water partition coefficient (Wildman–Crippen LogP) is 2.04. The number of amides is 3. The lowest BCUT2D eigenvalue weighted by Gasteiger charge is -2.14. The number of rotatable bonds is 7. The van der Waals surface area contributed by atoms with Gasteiger partial charge in [0.15, 0.2) is 0 Å². The zero-order valence-corrected chi connectivity index (χ0v) is 16.5. The third-order valence-corrected chi connectivity index (χ3v) is 5.36. The maximum Gasteiger partial charge on any atom is 0.294 e. The molecule has 2 aliphatic heterocycles. The summed E-state index contributed by atoms with van der Waals surface area (Å²) in [5.74, 6) is 0.242. The fourth-order valence-corrected chi connectivity index (χ4v) is 3.79. The molecular formula is C19H22N2O6S. The van der Waals surface area contributed by atoms with Crippen LogP contribution in [0, 0.1) is 0 Å². The summed E-state index contributed by atoms with van der Waals surface area (Å²) in [7, 11) is 3.05. The molecule has 0 bridgehead atoms. The molecule has 2 saturated heterocycles. The SMILES string of the molecule is COc1ccc(OC)c(/C=C2\SC(=O)N(CC(=O)NC[C@H]3CCCO3)C2=O)c1. The largest absolute Gasteiger partial charge is 0.497 e. The number of methoxy groups -OCH3 is 2. The van der Waals surface area contributed by atoms with E-state index in [-0.39, 0.29) is 17.6 Å². The van der Waals surface area contributed by atoms with Crippen LogP contribution >= 0.6 is 11.8 Å². The molecule has 0 aliphatic carbocycles. The van der Waals surface area contributed by atoms with Gasteiger partial charge in [-0.05, 0) is 48.9 Å². The van der Waals surface area contributed by atoms with Crippen LogP contribution < -0.4 is 14.8 Å². The van der Waals surface area contributed by atoms with Gasteiger partial charge < -0.3 is 19.5 Å². The molecule has 3 amide bonds. The fraction of sp³-hybridized carbons (Fsp3) is 0.421. The summed E-state index contributed by atoms with van der Waals surface area (Å²) in [5.41, 5.74) is 0.607. The number of thioether (sulfide) groups is 1. The minimum atomic E-state index is -0.507. The van der Waals surface area contributed by atoms with Crippen molar-refractivity contribution in [3.8, 4) is 11.5 Å². The van der Waals surface area contributed by atoms with E-state index in [0.29, 0.717) is 30.2 Å². The van der Waals surface area contributed by atoms with E-state index in [2.05, 4.69) is 5.32 Å². The highest BCUT2D eigenvalue weighted by Gasteiger charge is 2.36. The molecule has 0 unspecified atom stereocenters. The first-order valence-electron chi connectivity index (χ1n) is 8.87. The number of nitrogens with zero attached hydrogens (tertiary/aromatic N) is 1. The number of carbonyl (C=O) groups is 3. The summed E-state index contributed by atoms with van der Waals surface area (Å²) in [6, 6.07) is 5.16. The summed E-state index contributed by atoms with van der Waals surface area (Å²) in [6.45, 7) is 0.762. The minimum Gasteiger partial charge on any atom is -0.497 e. The quantitative estimate of drug-likeness (QED) is 0.693. The highest BCUT2D eigenvalue weighted by molar-refractivity contribution is 8.18.